The van der Waals surface area contributed by atoms with Gasteiger partial charge < -0.3 is 15.1 Å². The zero-order valence-corrected chi connectivity index (χ0v) is 21.4. The second kappa shape index (κ2) is 10.1. The van der Waals surface area contributed by atoms with Gasteiger partial charge in [0.25, 0.3) is 0 Å². The molecule has 3 nitrogen and oxygen atoms in total. The Morgan fingerprint density at radius 1 is 1.18 bits per heavy atom. The van der Waals surface area contributed by atoms with Gasteiger partial charge in [-0.2, -0.15) is 0 Å². The summed E-state index contributed by atoms with van der Waals surface area (Å²) in [4.78, 5) is 2.26. The van der Waals surface area contributed by atoms with E-state index < -0.39 is 24.0 Å². The van der Waals surface area contributed by atoms with Crippen LogP contribution in [-0.4, -0.2) is 52.9 Å². The van der Waals surface area contributed by atoms with E-state index in [1.165, 1.54) is 31.3 Å². The monoisotopic (exact) mass is 477 g/mol. The van der Waals surface area contributed by atoms with Crippen molar-refractivity contribution in [2.45, 2.75) is 96.7 Å². The number of rotatable bonds is 6. The molecule has 1 aliphatic heterocycles. The number of aliphatic hydroxyl groups is 2. The van der Waals surface area contributed by atoms with E-state index in [9.17, 15) is 19.0 Å². The standard InChI is InChI=1S/C29H45F2NO2/c1-19(11-14-32-15-12-23(18-32)29(4,30)31)24-9-10-25-22(6-5-13-28(24,25)3)8-7-21-16-26(33)20(2)27(34)17-21/h7-8,19,23-27,33-34H,2,5-6,9-18H2,1,3-4H3/b22-8+/t19-,23-,24-,25+,26-,27-,28-/m1/s1. The van der Waals surface area contributed by atoms with Crippen molar-refractivity contribution in [2.75, 3.05) is 19.6 Å². The third-order valence-corrected chi connectivity index (χ3v) is 9.91. The summed E-state index contributed by atoms with van der Waals surface area (Å²) in [5, 5.41) is 20.3. The maximum Gasteiger partial charge on any atom is 0.249 e. The highest BCUT2D eigenvalue weighted by Crippen LogP contribution is 2.59. The normalized spacial score (nSPS) is 39.5. The van der Waals surface area contributed by atoms with E-state index in [-0.39, 0.29) is 0 Å². The molecule has 4 fully saturated rings. The highest BCUT2D eigenvalue weighted by atomic mass is 19.3. The summed E-state index contributed by atoms with van der Waals surface area (Å²) in [5.41, 5.74) is 3.50. The fraction of sp³-hybridized carbons (Fsp3) is 0.793. The summed E-state index contributed by atoms with van der Waals surface area (Å²) in [7, 11) is 0. The van der Waals surface area contributed by atoms with E-state index in [1.807, 2.05) is 0 Å². The predicted molar refractivity (Wildman–Crippen MR) is 134 cm³/mol. The molecular formula is C29H45F2NO2. The fourth-order valence-corrected chi connectivity index (χ4v) is 7.68. The minimum absolute atomic E-state index is 0.311. The van der Waals surface area contributed by atoms with E-state index in [1.54, 1.807) is 0 Å². The Morgan fingerprint density at radius 3 is 2.53 bits per heavy atom. The highest BCUT2D eigenvalue weighted by Gasteiger charge is 2.50. The number of fused-ring (bicyclic) bond motifs is 1. The lowest BCUT2D eigenvalue weighted by molar-refractivity contribution is -0.0353. The first-order chi connectivity index (χ1) is 16.0. The van der Waals surface area contributed by atoms with Gasteiger partial charge in [-0.25, -0.2) is 8.78 Å². The van der Waals surface area contributed by atoms with Crippen LogP contribution in [0.4, 0.5) is 8.78 Å². The van der Waals surface area contributed by atoms with Crippen LogP contribution in [0.2, 0.25) is 0 Å². The number of likely N-dealkylation sites (tertiary alicyclic amines) is 1. The number of nitrogens with zero attached hydrogens (tertiary/aromatic N) is 1. The first-order valence-corrected chi connectivity index (χ1v) is 13.5. The molecule has 0 bridgehead atoms. The first-order valence-electron chi connectivity index (χ1n) is 13.5. The van der Waals surface area contributed by atoms with Crippen molar-refractivity contribution in [1.29, 1.82) is 0 Å². The minimum Gasteiger partial charge on any atom is -0.388 e. The molecule has 0 aromatic carbocycles. The number of hydrogen-bond donors (Lipinski definition) is 2. The Morgan fingerprint density at radius 2 is 1.88 bits per heavy atom. The Hall–Kier alpha value is -1.04. The molecule has 5 heteroatoms. The Kier molecular flexibility index (Phi) is 7.77. The molecule has 0 spiro atoms. The molecule has 0 amide bonds. The number of alkyl halides is 2. The number of halogens is 2. The quantitative estimate of drug-likeness (QED) is 0.452. The topological polar surface area (TPSA) is 43.7 Å². The van der Waals surface area contributed by atoms with Crippen LogP contribution in [0.3, 0.4) is 0 Å². The van der Waals surface area contributed by atoms with Crippen LogP contribution >= 0.6 is 0 Å². The summed E-state index contributed by atoms with van der Waals surface area (Å²) in [5.74, 6) is -1.16. The third-order valence-electron chi connectivity index (χ3n) is 9.91. The molecule has 3 aliphatic carbocycles. The molecule has 3 saturated carbocycles. The molecule has 0 unspecified atom stereocenters. The smallest absolute Gasteiger partial charge is 0.249 e. The van der Waals surface area contributed by atoms with Gasteiger partial charge in [0.1, 0.15) is 0 Å². The molecule has 1 saturated heterocycles. The van der Waals surface area contributed by atoms with Crippen molar-refractivity contribution in [1.82, 2.24) is 4.90 Å². The summed E-state index contributed by atoms with van der Waals surface area (Å²) < 4.78 is 27.4. The van der Waals surface area contributed by atoms with Gasteiger partial charge in [-0.05, 0) is 107 Å². The molecule has 192 valence electrons. The van der Waals surface area contributed by atoms with Gasteiger partial charge in [-0.3, -0.25) is 0 Å². The number of hydrogen-bond acceptors (Lipinski definition) is 3. The molecule has 0 aromatic rings. The first kappa shape index (κ1) is 26.0. The Bertz CT molecular complexity index is 799. The Labute approximate surface area is 205 Å². The second-order valence-electron chi connectivity index (χ2n) is 12.2. The van der Waals surface area contributed by atoms with Crippen molar-refractivity contribution >= 4 is 0 Å². The zero-order valence-electron chi connectivity index (χ0n) is 21.4. The van der Waals surface area contributed by atoms with Gasteiger partial charge >= 0.3 is 0 Å². The van der Waals surface area contributed by atoms with Crippen LogP contribution < -0.4 is 0 Å². The molecular weight excluding hydrogens is 432 g/mol. The number of aliphatic hydroxyl groups excluding tert-OH is 2. The van der Waals surface area contributed by atoms with Crippen LogP contribution in [0.15, 0.2) is 35.5 Å². The lowest BCUT2D eigenvalue weighted by Crippen LogP contribution is -2.37. The van der Waals surface area contributed by atoms with Gasteiger partial charge in [0.05, 0.1) is 12.2 Å². The van der Waals surface area contributed by atoms with Crippen LogP contribution in [0, 0.1) is 29.1 Å². The minimum atomic E-state index is -2.56. The molecule has 34 heavy (non-hydrogen) atoms. The summed E-state index contributed by atoms with van der Waals surface area (Å²) in [6.45, 7) is 12.1. The van der Waals surface area contributed by atoms with E-state index >= 15 is 0 Å². The van der Waals surface area contributed by atoms with E-state index in [0.29, 0.717) is 54.5 Å². The maximum atomic E-state index is 13.7. The van der Waals surface area contributed by atoms with Crippen molar-refractivity contribution in [3.8, 4) is 0 Å². The highest BCUT2D eigenvalue weighted by molar-refractivity contribution is 5.29. The molecule has 4 aliphatic rings. The molecule has 4 rings (SSSR count). The van der Waals surface area contributed by atoms with E-state index in [2.05, 4.69) is 37.5 Å². The molecule has 1 heterocycles. The number of allylic oxidation sites excluding steroid dienone is 3. The second-order valence-corrected chi connectivity index (χ2v) is 12.2. The van der Waals surface area contributed by atoms with Crippen molar-refractivity contribution < 1.29 is 19.0 Å². The van der Waals surface area contributed by atoms with E-state index in [0.717, 1.165) is 38.4 Å². The average molecular weight is 478 g/mol. The molecule has 7 atom stereocenters. The van der Waals surface area contributed by atoms with Crippen LogP contribution in [0.5, 0.6) is 0 Å². The maximum absolute atomic E-state index is 13.7. The van der Waals surface area contributed by atoms with Gasteiger partial charge in [0.2, 0.25) is 5.92 Å². The van der Waals surface area contributed by atoms with Crippen LogP contribution in [0.1, 0.15) is 78.6 Å². The van der Waals surface area contributed by atoms with Crippen LogP contribution in [-0.2, 0) is 0 Å². The molecule has 2 N–H and O–H groups in total. The fourth-order valence-electron chi connectivity index (χ4n) is 7.68. The third kappa shape index (κ3) is 5.37. The average Bonchev–Trinajstić information content (AvgIpc) is 3.38. The lowest BCUT2D eigenvalue weighted by Gasteiger charge is -2.44. The zero-order chi connectivity index (χ0) is 24.7. The predicted octanol–water partition coefficient (Wildman–Crippen LogP) is 6.13. The van der Waals surface area contributed by atoms with Crippen molar-refractivity contribution in [2.24, 2.45) is 29.1 Å². The Balaban J connectivity index is 1.37. The van der Waals surface area contributed by atoms with Gasteiger partial charge in [-0.15, -0.1) is 0 Å². The summed E-state index contributed by atoms with van der Waals surface area (Å²) in [6.07, 6.45) is 12.1. The van der Waals surface area contributed by atoms with Crippen LogP contribution in [0.25, 0.3) is 0 Å². The van der Waals surface area contributed by atoms with E-state index in [4.69, 9.17) is 0 Å². The van der Waals surface area contributed by atoms with Crippen molar-refractivity contribution in [3.05, 3.63) is 35.5 Å². The SMILES string of the molecule is C=C1[C@H](O)CC(=C/C=C2\CCC[C@]3(C)[C@@H]([C@H](C)CCN4CC[C@@H](C(C)(F)F)C4)CC[C@@H]23)C[C@H]1O. The summed E-state index contributed by atoms with van der Waals surface area (Å²) >= 11 is 0. The summed E-state index contributed by atoms with van der Waals surface area (Å²) in [6, 6.07) is 0. The molecule has 0 aromatic heterocycles. The van der Waals surface area contributed by atoms with Gasteiger partial charge in [0.15, 0.2) is 0 Å². The van der Waals surface area contributed by atoms with Gasteiger partial charge in [-0.1, -0.05) is 43.7 Å². The van der Waals surface area contributed by atoms with Gasteiger partial charge in [0, 0.05) is 12.5 Å². The lowest BCUT2D eigenvalue weighted by atomic mass is 9.61. The largest absolute Gasteiger partial charge is 0.388 e. The molecule has 0 radical (unpaired) electrons. The van der Waals surface area contributed by atoms with Crippen molar-refractivity contribution in [3.63, 3.8) is 0 Å².